The molecule has 0 saturated carbocycles. The molecule has 1 aromatic carbocycles. The van der Waals surface area contributed by atoms with Gasteiger partial charge in [0, 0.05) is 30.9 Å². The molecule has 2 heteroatoms. The standard InChI is InChI=1S/C18H30N2/c1-5-15-8-7-9-18(11-15)20-13-16(10-14(3)4)19-12-17(20)6-2/h7-9,11,14,16-17,19H,5-6,10,12-13H2,1-4H3. The molecule has 1 saturated heterocycles. The number of nitrogens with zero attached hydrogens (tertiary/aromatic N) is 1. The summed E-state index contributed by atoms with van der Waals surface area (Å²) in [6, 6.07) is 10.4. The zero-order valence-electron chi connectivity index (χ0n) is 13.5. The lowest BCUT2D eigenvalue weighted by Crippen LogP contribution is -2.56. The fourth-order valence-corrected chi connectivity index (χ4v) is 3.23. The van der Waals surface area contributed by atoms with Crippen LogP contribution in [0.3, 0.4) is 0 Å². The molecule has 1 aliphatic heterocycles. The average Bonchev–Trinajstić information content (AvgIpc) is 2.46. The van der Waals surface area contributed by atoms with Gasteiger partial charge in [-0.1, -0.05) is 39.8 Å². The second kappa shape index (κ2) is 7.12. The van der Waals surface area contributed by atoms with Gasteiger partial charge >= 0.3 is 0 Å². The number of anilines is 1. The van der Waals surface area contributed by atoms with Gasteiger partial charge in [0.05, 0.1) is 0 Å². The van der Waals surface area contributed by atoms with Gasteiger partial charge in [0.1, 0.15) is 0 Å². The van der Waals surface area contributed by atoms with Gasteiger partial charge in [0.15, 0.2) is 0 Å². The molecule has 0 bridgehead atoms. The van der Waals surface area contributed by atoms with Crippen LogP contribution in [0.2, 0.25) is 0 Å². The summed E-state index contributed by atoms with van der Waals surface area (Å²) in [6.45, 7) is 11.4. The normalized spacial score (nSPS) is 23.4. The minimum atomic E-state index is 0.628. The largest absolute Gasteiger partial charge is 0.366 e. The van der Waals surface area contributed by atoms with Crippen LogP contribution >= 0.6 is 0 Å². The number of hydrogen-bond donors (Lipinski definition) is 1. The summed E-state index contributed by atoms with van der Waals surface area (Å²) in [5.74, 6) is 0.759. The van der Waals surface area contributed by atoms with Crippen molar-refractivity contribution in [3.05, 3.63) is 29.8 Å². The maximum atomic E-state index is 3.74. The van der Waals surface area contributed by atoms with E-state index in [1.165, 1.54) is 24.1 Å². The Morgan fingerprint density at radius 1 is 1.30 bits per heavy atom. The highest BCUT2D eigenvalue weighted by atomic mass is 15.2. The lowest BCUT2D eigenvalue weighted by molar-refractivity contribution is 0.343. The lowest BCUT2D eigenvalue weighted by Gasteiger charge is -2.42. The van der Waals surface area contributed by atoms with Crippen molar-refractivity contribution in [3.8, 4) is 0 Å². The fraction of sp³-hybridized carbons (Fsp3) is 0.667. The average molecular weight is 274 g/mol. The van der Waals surface area contributed by atoms with E-state index in [-0.39, 0.29) is 0 Å². The zero-order valence-corrected chi connectivity index (χ0v) is 13.5. The molecule has 2 nitrogen and oxygen atoms in total. The van der Waals surface area contributed by atoms with Crippen LogP contribution in [0.25, 0.3) is 0 Å². The smallest absolute Gasteiger partial charge is 0.0412 e. The van der Waals surface area contributed by atoms with Crippen molar-refractivity contribution in [2.45, 2.75) is 59.0 Å². The Kier molecular flexibility index (Phi) is 5.47. The van der Waals surface area contributed by atoms with Crippen molar-refractivity contribution < 1.29 is 0 Å². The van der Waals surface area contributed by atoms with Gasteiger partial charge in [-0.2, -0.15) is 0 Å². The van der Waals surface area contributed by atoms with E-state index in [0.29, 0.717) is 12.1 Å². The fourth-order valence-electron chi connectivity index (χ4n) is 3.23. The van der Waals surface area contributed by atoms with Gasteiger partial charge in [-0.15, -0.1) is 0 Å². The first kappa shape index (κ1) is 15.4. The molecule has 1 heterocycles. The quantitative estimate of drug-likeness (QED) is 0.877. The summed E-state index contributed by atoms with van der Waals surface area (Å²) < 4.78 is 0. The number of aryl methyl sites for hydroxylation is 1. The van der Waals surface area contributed by atoms with E-state index in [0.717, 1.165) is 25.4 Å². The monoisotopic (exact) mass is 274 g/mol. The molecular weight excluding hydrogens is 244 g/mol. The molecule has 0 spiro atoms. The van der Waals surface area contributed by atoms with Crippen LogP contribution in [0.4, 0.5) is 5.69 Å². The Labute approximate surface area is 124 Å². The lowest BCUT2D eigenvalue weighted by atomic mass is 9.98. The second-order valence-corrected chi connectivity index (χ2v) is 6.47. The van der Waals surface area contributed by atoms with Gasteiger partial charge in [0.2, 0.25) is 0 Å². The third-order valence-electron chi connectivity index (χ3n) is 4.38. The van der Waals surface area contributed by atoms with Gasteiger partial charge in [-0.3, -0.25) is 0 Å². The number of benzene rings is 1. The topological polar surface area (TPSA) is 15.3 Å². The number of nitrogens with one attached hydrogen (secondary N) is 1. The molecule has 20 heavy (non-hydrogen) atoms. The van der Waals surface area contributed by atoms with Crippen LogP contribution in [-0.4, -0.2) is 25.2 Å². The summed E-state index contributed by atoms with van der Waals surface area (Å²) in [5.41, 5.74) is 2.85. The van der Waals surface area contributed by atoms with Crippen LogP contribution in [0.1, 0.15) is 46.1 Å². The molecule has 1 fully saturated rings. The van der Waals surface area contributed by atoms with Crippen LogP contribution in [0, 0.1) is 5.92 Å². The van der Waals surface area contributed by atoms with Crippen molar-refractivity contribution >= 4 is 5.69 Å². The summed E-state index contributed by atoms with van der Waals surface area (Å²) in [7, 11) is 0. The maximum Gasteiger partial charge on any atom is 0.0412 e. The molecule has 1 N–H and O–H groups in total. The molecule has 0 aromatic heterocycles. The van der Waals surface area contributed by atoms with Gasteiger partial charge in [-0.05, 0) is 42.9 Å². The Morgan fingerprint density at radius 3 is 2.75 bits per heavy atom. The Balaban J connectivity index is 2.15. The summed E-state index contributed by atoms with van der Waals surface area (Å²) in [6.07, 6.45) is 3.59. The Morgan fingerprint density at radius 2 is 2.10 bits per heavy atom. The maximum absolute atomic E-state index is 3.74. The van der Waals surface area contributed by atoms with E-state index in [1.807, 2.05) is 0 Å². The molecule has 1 aliphatic rings. The van der Waals surface area contributed by atoms with Crippen molar-refractivity contribution in [1.82, 2.24) is 5.32 Å². The molecular formula is C18H30N2. The Bertz CT molecular complexity index is 414. The summed E-state index contributed by atoms with van der Waals surface area (Å²) >= 11 is 0. The second-order valence-electron chi connectivity index (χ2n) is 6.47. The third-order valence-corrected chi connectivity index (χ3v) is 4.38. The van der Waals surface area contributed by atoms with Crippen LogP contribution in [0.15, 0.2) is 24.3 Å². The molecule has 0 amide bonds. The van der Waals surface area contributed by atoms with E-state index in [1.54, 1.807) is 0 Å². The molecule has 1 aromatic rings. The summed E-state index contributed by atoms with van der Waals surface area (Å²) in [4.78, 5) is 2.63. The Hall–Kier alpha value is -1.02. The molecule has 0 aliphatic carbocycles. The van der Waals surface area contributed by atoms with Crippen molar-refractivity contribution in [2.24, 2.45) is 5.92 Å². The molecule has 2 unspecified atom stereocenters. The molecule has 112 valence electrons. The van der Waals surface area contributed by atoms with Crippen molar-refractivity contribution in [1.29, 1.82) is 0 Å². The van der Waals surface area contributed by atoms with Crippen LogP contribution in [-0.2, 0) is 6.42 Å². The minimum Gasteiger partial charge on any atom is -0.366 e. The number of piperazine rings is 1. The van der Waals surface area contributed by atoms with Crippen LogP contribution in [0.5, 0.6) is 0 Å². The first-order chi connectivity index (χ1) is 9.63. The van der Waals surface area contributed by atoms with Gasteiger partial charge < -0.3 is 10.2 Å². The molecule has 0 radical (unpaired) electrons. The minimum absolute atomic E-state index is 0.628. The summed E-state index contributed by atoms with van der Waals surface area (Å²) in [5, 5.41) is 3.74. The van der Waals surface area contributed by atoms with E-state index in [2.05, 4.69) is 62.2 Å². The first-order valence-corrected chi connectivity index (χ1v) is 8.23. The van der Waals surface area contributed by atoms with E-state index < -0.39 is 0 Å². The highest BCUT2D eigenvalue weighted by Crippen LogP contribution is 2.24. The predicted molar refractivity (Wildman–Crippen MR) is 88.5 cm³/mol. The van der Waals surface area contributed by atoms with E-state index >= 15 is 0 Å². The SMILES string of the molecule is CCc1cccc(N2CC(CC(C)C)NCC2CC)c1. The predicted octanol–water partition coefficient (Wildman–Crippen LogP) is 3.85. The highest BCUT2D eigenvalue weighted by molar-refractivity contribution is 5.50. The van der Waals surface area contributed by atoms with Crippen LogP contribution < -0.4 is 10.2 Å². The molecule has 2 atom stereocenters. The zero-order chi connectivity index (χ0) is 14.5. The highest BCUT2D eigenvalue weighted by Gasteiger charge is 2.27. The van der Waals surface area contributed by atoms with Crippen molar-refractivity contribution in [3.63, 3.8) is 0 Å². The van der Waals surface area contributed by atoms with E-state index in [9.17, 15) is 0 Å². The number of hydrogen-bond acceptors (Lipinski definition) is 2. The van der Waals surface area contributed by atoms with Gasteiger partial charge in [-0.25, -0.2) is 0 Å². The molecule has 2 rings (SSSR count). The van der Waals surface area contributed by atoms with E-state index in [4.69, 9.17) is 0 Å². The third kappa shape index (κ3) is 3.76. The van der Waals surface area contributed by atoms with Crippen molar-refractivity contribution in [2.75, 3.05) is 18.0 Å². The number of rotatable bonds is 5. The first-order valence-electron chi connectivity index (χ1n) is 8.23. The van der Waals surface area contributed by atoms with Gasteiger partial charge in [0.25, 0.3) is 0 Å².